The maximum absolute atomic E-state index is 4.75. The van der Waals surface area contributed by atoms with Gasteiger partial charge in [0.2, 0.25) is 0 Å². The third-order valence-electron chi connectivity index (χ3n) is 5.33. The highest BCUT2D eigenvalue weighted by atomic mass is 32.1. The van der Waals surface area contributed by atoms with E-state index in [0.717, 1.165) is 81.9 Å². The minimum Gasteiger partial charge on any atom is -0.369 e. The first-order valence-electron chi connectivity index (χ1n) is 11.1. The summed E-state index contributed by atoms with van der Waals surface area (Å²) in [4.78, 5) is 14.3. The Morgan fingerprint density at radius 1 is 1.17 bits per heavy atom. The van der Waals surface area contributed by atoms with Gasteiger partial charge in [0.25, 0.3) is 0 Å². The topological polar surface area (TPSA) is 55.8 Å². The number of aryl methyl sites for hydroxylation is 2. The fourth-order valence-corrected chi connectivity index (χ4v) is 4.36. The molecule has 1 saturated heterocycles. The summed E-state index contributed by atoms with van der Waals surface area (Å²) in [5.74, 6) is 0.911. The van der Waals surface area contributed by atoms with Crippen molar-refractivity contribution in [1.29, 1.82) is 0 Å². The first kappa shape index (κ1) is 22.6. The lowest BCUT2D eigenvalue weighted by Crippen LogP contribution is -2.46. The van der Waals surface area contributed by atoms with Crippen LogP contribution in [0.5, 0.6) is 0 Å². The Morgan fingerprint density at radius 3 is 2.70 bits per heavy atom. The lowest BCUT2D eigenvalue weighted by molar-refractivity contribution is 0.256. The van der Waals surface area contributed by atoms with Crippen LogP contribution in [0.3, 0.4) is 0 Å². The number of hydrogen-bond acceptors (Lipinski definition) is 5. The van der Waals surface area contributed by atoms with Crippen LogP contribution in [0.4, 0.5) is 5.69 Å². The molecule has 0 aliphatic carbocycles. The Kier molecular flexibility index (Phi) is 8.96. The van der Waals surface area contributed by atoms with Gasteiger partial charge in [-0.2, -0.15) is 0 Å². The van der Waals surface area contributed by atoms with E-state index in [2.05, 4.69) is 75.8 Å². The molecule has 0 unspecified atom stereocenters. The number of aromatic nitrogens is 1. The molecule has 1 fully saturated rings. The second-order valence-corrected chi connectivity index (χ2v) is 8.88. The van der Waals surface area contributed by atoms with E-state index in [4.69, 9.17) is 4.99 Å². The van der Waals surface area contributed by atoms with Gasteiger partial charge in [-0.25, -0.2) is 4.98 Å². The number of piperazine rings is 1. The van der Waals surface area contributed by atoms with Crippen molar-refractivity contribution in [2.45, 2.75) is 33.6 Å². The van der Waals surface area contributed by atoms with Crippen molar-refractivity contribution in [2.75, 3.05) is 57.3 Å². The number of nitrogens with one attached hydrogen (secondary N) is 2. The number of rotatable bonds is 9. The molecule has 30 heavy (non-hydrogen) atoms. The summed E-state index contributed by atoms with van der Waals surface area (Å²) in [6.45, 7) is 14.5. The third-order valence-corrected chi connectivity index (χ3v) is 6.15. The highest BCUT2D eigenvalue weighted by molar-refractivity contribution is 7.09. The quantitative estimate of drug-likeness (QED) is 0.365. The number of benzene rings is 1. The molecule has 6 nitrogen and oxygen atoms in total. The van der Waals surface area contributed by atoms with Gasteiger partial charge in [-0.05, 0) is 44.9 Å². The highest BCUT2D eigenvalue weighted by Crippen LogP contribution is 2.17. The van der Waals surface area contributed by atoms with E-state index in [1.54, 1.807) is 11.3 Å². The molecule has 1 aromatic carbocycles. The van der Waals surface area contributed by atoms with Gasteiger partial charge in [-0.1, -0.05) is 12.1 Å². The molecule has 1 aliphatic heterocycles. The van der Waals surface area contributed by atoms with Crippen molar-refractivity contribution < 1.29 is 0 Å². The van der Waals surface area contributed by atoms with Gasteiger partial charge in [0.15, 0.2) is 5.96 Å². The summed E-state index contributed by atoms with van der Waals surface area (Å²) < 4.78 is 0. The Morgan fingerprint density at radius 2 is 2.00 bits per heavy atom. The third kappa shape index (κ3) is 7.29. The van der Waals surface area contributed by atoms with E-state index >= 15 is 0 Å². The molecule has 1 aliphatic rings. The van der Waals surface area contributed by atoms with E-state index in [-0.39, 0.29) is 0 Å². The largest absolute Gasteiger partial charge is 0.369 e. The van der Waals surface area contributed by atoms with Crippen molar-refractivity contribution in [3.05, 3.63) is 45.9 Å². The van der Waals surface area contributed by atoms with Gasteiger partial charge >= 0.3 is 0 Å². The summed E-state index contributed by atoms with van der Waals surface area (Å²) in [6.07, 6.45) is 2.02. The maximum atomic E-state index is 4.75. The van der Waals surface area contributed by atoms with Crippen LogP contribution < -0.4 is 15.5 Å². The lowest BCUT2D eigenvalue weighted by atomic mass is 10.2. The van der Waals surface area contributed by atoms with Crippen molar-refractivity contribution in [2.24, 2.45) is 4.99 Å². The predicted octanol–water partition coefficient (Wildman–Crippen LogP) is 3.07. The lowest BCUT2D eigenvalue weighted by Gasteiger charge is -2.36. The zero-order valence-electron chi connectivity index (χ0n) is 18.7. The average molecular weight is 429 g/mol. The summed E-state index contributed by atoms with van der Waals surface area (Å²) in [7, 11) is 0. The van der Waals surface area contributed by atoms with Crippen molar-refractivity contribution in [3.8, 4) is 0 Å². The molecule has 0 amide bonds. The summed E-state index contributed by atoms with van der Waals surface area (Å²) in [5.41, 5.74) is 3.85. The Hall–Kier alpha value is -2.12. The summed E-state index contributed by atoms with van der Waals surface area (Å²) in [6, 6.07) is 8.83. The molecule has 0 spiro atoms. The molecular formula is C23H36N6S. The first-order valence-corrected chi connectivity index (χ1v) is 12.0. The summed E-state index contributed by atoms with van der Waals surface area (Å²) in [5, 5.41) is 10.0. The maximum Gasteiger partial charge on any atom is 0.191 e. The molecule has 2 N–H and O–H groups in total. The van der Waals surface area contributed by atoms with Crippen LogP contribution in [0.25, 0.3) is 0 Å². The van der Waals surface area contributed by atoms with Crippen LogP contribution in [0.15, 0.2) is 34.6 Å². The molecule has 0 saturated carbocycles. The van der Waals surface area contributed by atoms with Crippen LogP contribution in [-0.4, -0.2) is 68.2 Å². The van der Waals surface area contributed by atoms with E-state index in [9.17, 15) is 0 Å². The zero-order chi connectivity index (χ0) is 21.2. The molecule has 1 aromatic heterocycles. The highest BCUT2D eigenvalue weighted by Gasteiger charge is 2.16. The molecule has 7 heteroatoms. The van der Waals surface area contributed by atoms with Gasteiger partial charge < -0.3 is 15.5 Å². The van der Waals surface area contributed by atoms with Gasteiger partial charge in [0.05, 0.1) is 10.7 Å². The van der Waals surface area contributed by atoms with Crippen molar-refractivity contribution in [3.63, 3.8) is 0 Å². The molecule has 3 rings (SSSR count). The monoisotopic (exact) mass is 428 g/mol. The Bertz CT molecular complexity index is 794. The van der Waals surface area contributed by atoms with Crippen molar-refractivity contribution in [1.82, 2.24) is 20.5 Å². The minimum atomic E-state index is 0.850. The number of thiazole rings is 1. The van der Waals surface area contributed by atoms with Gasteiger partial charge in [-0.3, -0.25) is 9.89 Å². The molecule has 2 heterocycles. The van der Waals surface area contributed by atoms with E-state index in [0.29, 0.717) is 0 Å². The number of anilines is 1. The Labute approximate surface area is 185 Å². The molecule has 2 aromatic rings. The minimum absolute atomic E-state index is 0.850. The first-order chi connectivity index (χ1) is 14.6. The number of hydrogen-bond donors (Lipinski definition) is 2. The van der Waals surface area contributed by atoms with E-state index in [1.807, 2.05) is 0 Å². The van der Waals surface area contributed by atoms with Gasteiger partial charge in [0, 0.05) is 69.8 Å². The fourth-order valence-electron chi connectivity index (χ4n) is 3.71. The van der Waals surface area contributed by atoms with Crippen LogP contribution in [0.2, 0.25) is 0 Å². The Balaban J connectivity index is 1.34. The van der Waals surface area contributed by atoms with Crippen LogP contribution in [-0.2, 0) is 6.42 Å². The number of guanidine groups is 1. The van der Waals surface area contributed by atoms with Crippen molar-refractivity contribution >= 4 is 23.0 Å². The molecule has 164 valence electrons. The summed E-state index contributed by atoms with van der Waals surface area (Å²) >= 11 is 1.71. The average Bonchev–Trinajstić information content (AvgIpc) is 3.16. The van der Waals surface area contributed by atoms with Gasteiger partial charge in [-0.15, -0.1) is 11.3 Å². The second-order valence-electron chi connectivity index (χ2n) is 7.82. The predicted molar refractivity (Wildman–Crippen MR) is 129 cm³/mol. The van der Waals surface area contributed by atoms with Gasteiger partial charge in [0.1, 0.15) is 0 Å². The van der Waals surface area contributed by atoms with Crippen LogP contribution in [0.1, 0.15) is 29.6 Å². The van der Waals surface area contributed by atoms with Crippen LogP contribution in [0, 0.1) is 13.8 Å². The fraction of sp³-hybridized carbons (Fsp3) is 0.565. The molecule has 0 atom stereocenters. The SMILES string of the molecule is CCNC(=NCCCN1CCN(c2cccc(C)c2)CC1)NCCc1csc(C)n1. The normalized spacial score (nSPS) is 15.4. The smallest absolute Gasteiger partial charge is 0.191 e. The van der Waals surface area contributed by atoms with E-state index in [1.165, 1.54) is 11.3 Å². The standard InChI is InChI=1S/C23H36N6S/c1-4-24-23(26-11-9-21-18-30-20(3)27-21)25-10-6-12-28-13-15-29(16-14-28)22-8-5-7-19(2)17-22/h5,7-8,17-18H,4,6,9-16H2,1-3H3,(H2,24,25,26). The molecular weight excluding hydrogens is 392 g/mol. The molecule has 0 bridgehead atoms. The number of aliphatic imine (C=N–C) groups is 1. The second kappa shape index (κ2) is 11.9. The molecule has 0 radical (unpaired) electrons. The van der Waals surface area contributed by atoms with E-state index < -0.39 is 0 Å². The van der Waals surface area contributed by atoms with Crippen LogP contribution >= 0.6 is 11.3 Å². The number of nitrogens with zero attached hydrogens (tertiary/aromatic N) is 4. The zero-order valence-corrected chi connectivity index (χ0v) is 19.5.